The minimum absolute atomic E-state index is 0.0693. The van der Waals surface area contributed by atoms with E-state index in [9.17, 15) is 9.59 Å². The first-order valence-electron chi connectivity index (χ1n) is 10.2. The maximum atomic E-state index is 13.3. The molecular weight excluding hydrogens is 384 g/mol. The molecule has 0 aromatic heterocycles. The van der Waals surface area contributed by atoms with Crippen LogP contribution in [-0.2, 0) is 22.6 Å². The molecule has 2 rings (SSSR count). The zero-order chi connectivity index (χ0) is 21.4. The van der Waals surface area contributed by atoms with E-state index in [1.54, 1.807) is 17.0 Å². The Balaban J connectivity index is 2.31. The average Bonchev–Trinajstić information content (AvgIpc) is 2.69. The van der Waals surface area contributed by atoms with Crippen LogP contribution in [0.5, 0.6) is 0 Å². The molecule has 156 valence electrons. The van der Waals surface area contributed by atoms with Crippen LogP contribution in [0.3, 0.4) is 0 Å². The summed E-state index contributed by atoms with van der Waals surface area (Å²) in [5.74, 6) is -0.184. The van der Waals surface area contributed by atoms with Gasteiger partial charge in [0.2, 0.25) is 11.8 Å². The van der Waals surface area contributed by atoms with E-state index in [4.69, 9.17) is 11.6 Å². The minimum atomic E-state index is -0.518. The number of rotatable bonds is 9. The maximum Gasteiger partial charge on any atom is 0.243 e. The van der Waals surface area contributed by atoms with E-state index >= 15 is 0 Å². The molecule has 1 N–H and O–H groups in total. The SMILES string of the molecule is CC[C@H](C(=O)N[C@@H](C)CC)N(Cc1ccccc1C)C(=O)Cc1cccc(Cl)c1. The molecule has 0 radical (unpaired) electrons. The van der Waals surface area contributed by atoms with Crippen molar-refractivity contribution in [3.05, 3.63) is 70.2 Å². The van der Waals surface area contributed by atoms with Gasteiger partial charge in [-0.1, -0.05) is 61.8 Å². The Kier molecular flexibility index (Phi) is 8.71. The van der Waals surface area contributed by atoms with Gasteiger partial charge in [-0.2, -0.15) is 0 Å². The van der Waals surface area contributed by atoms with Crippen molar-refractivity contribution in [2.24, 2.45) is 0 Å². The Hall–Kier alpha value is -2.33. The van der Waals surface area contributed by atoms with E-state index in [0.29, 0.717) is 18.0 Å². The normalized spacial score (nSPS) is 12.9. The summed E-state index contributed by atoms with van der Waals surface area (Å²) in [5, 5.41) is 3.63. The predicted octanol–water partition coefficient (Wildman–Crippen LogP) is 4.91. The topological polar surface area (TPSA) is 49.4 Å². The van der Waals surface area contributed by atoms with Gasteiger partial charge in [-0.15, -0.1) is 0 Å². The van der Waals surface area contributed by atoms with E-state index in [-0.39, 0.29) is 24.3 Å². The van der Waals surface area contributed by atoms with E-state index < -0.39 is 6.04 Å². The number of aryl methyl sites for hydroxylation is 1. The third-order valence-electron chi connectivity index (χ3n) is 5.23. The molecule has 0 aliphatic carbocycles. The van der Waals surface area contributed by atoms with Crippen LogP contribution in [0.25, 0.3) is 0 Å². The van der Waals surface area contributed by atoms with Crippen LogP contribution in [0.2, 0.25) is 5.02 Å². The monoisotopic (exact) mass is 414 g/mol. The van der Waals surface area contributed by atoms with Gasteiger partial charge in [0.05, 0.1) is 6.42 Å². The summed E-state index contributed by atoms with van der Waals surface area (Å²) in [7, 11) is 0. The summed E-state index contributed by atoms with van der Waals surface area (Å²) in [6, 6.07) is 14.8. The van der Waals surface area contributed by atoms with Crippen LogP contribution >= 0.6 is 11.6 Å². The summed E-state index contributed by atoms with van der Waals surface area (Å²) in [6.45, 7) is 8.37. The molecule has 0 spiro atoms. The lowest BCUT2D eigenvalue weighted by molar-refractivity contribution is -0.141. The number of nitrogens with one attached hydrogen (secondary N) is 1. The van der Waals surface area contributed by atoms with Gasteiger partial charge in [-0.25, -0.2) is 0 Å². The quantitative estimate of drug-likeness (QED) is 0.633. The molecule has 4 nitrogen and oxygen atoms in total. The van der Waals surface area contributed by atoms with Crippen LogP contribution in [0.4, 0.5) is 0 Å². The van der Waals surface area contributed by atoms with Crippen molar-refractivity contribution in [1.29, 1.82) is 0 Å². The molecule has 0 aliphatic rings. The highest BCUT2D eigenvalue weighted by atomic mass is 35.5. The smallest absolute Gasteiger partial charge is 0.243 e. The van der Waals surface area contributed by atoms with Gasteiger partial charge in [0.15, 0.2) is 0 Å². The van der Waals surface area contributed by atoms with Crippen LogP contribution in [-0.4, -0.2) is 28.8 Å². The Morgan fingerprint density at radius 1 is 1.07 bits per heavy atom. The third kappa shape index (κ3) is 6.60. The van der Waals surface area contributed by atoms with E-state index in [0.717, 1.165) is 23.1 Å². The van der Waals surface area contributed by atoms with E-state index in [1.165, 1.54) is 0 Å². The van der Waals surface area contributed by atoms with Crippen LogP contribution in [0, 0.1) is 6.92 Å². The molecule has 2 atom stereocenters. The molecular formula is C24H31ClN2O2. The van der Waals surface area contributed by atoms with Crippen molar-refractivity contribution in [2.75, 3.05) is 0 Å². The van der Waals surface area contributed by atoms with Crippen molar-refractivity contribution in [3.63, 3.8) is 0 Å². The fraction of sp³-hybridized carbons (Fsp3) is 0.417. The number of carbonyl (C=O) groups is 2. The van der Waals surface area contributed by atoms with Gasteiger partial charge in [-0.05, 0) is 55.5 Å². The first kappa shape index (κ1) is 23.0. The molecule has 0 saturated carbocycles. The Labute approximate surface area is 179 Å². The molecule has 0 saturated heterocycles. The van der Waals surface area contributed by atoms with Crippen molar-refractivity contribution in [1.82, 2.24) is 10.2 Å². The molecule has 29 heavy (non-hydrogen) atoms. The molecule has 0 bridgehead atoms. The fourth-order valence-corrected chi connectivity index (χ4v) is 3.47. The molecule has 0 aliphatic heterocycles. The van der Waals surface area contributed by atoms with Gasteiger partial charge in [0.25, 0.3) is 0 Å². The number of halogens is 1. The largest absolute Gasteiger partial charge is 0.352 e. The van der Waals surface area contributed by atoms with Crippen molar-refractivity contribution >= 4 is 23.4 Å². The number of amides is 2. The van der Waals surface area contributed by atoms with Gasteiger partial charge < -0.3 is 10.2 Å². The second-order valence-corrected chi connectivity index (χ2v) is 7.93. The van der Waals surface area contributed by atoms with Gasteiger partial charge in [0, 0.05) is 17.6 Å². The zero-order valence-electron chi connectivity index (χ0n) is 17.7. The summed E-state index contributed by atoms with van der Waals surface area (Å²) < 4.78 is 0. The molecule has 0 unspecified atom stereocenters. The summed E-state index contributed by atoms with van der Waals surface area (Å²) >= 11 is 6.08. The highest BCUT2D eigenvalue weighted by Crippen LogP contribution is 2.18. The van der Waals surface area contributed by atoms with E-state index in [2.05, 4.69) is 5.32 Å². The molecule has 0 fully saturated rings. The average molecular weight is 415 g/mol. The van der Waals surface area contributed by atoms with Gasteiger partial charge >= 0.3 is 0 Å². The number of benzene rings is 2. The first-order valence-corrected chi connectivity index (χ1v) is 10.6. The van der Waals surface area contributed by atoms with Crippen molar-refractivity contribution in [3.8, 4) is 0 Å². The molecule has 2 aromatic carbocycles. The third-order valence-corrected chi connectivity index (χ3v) is 5.47. The Morgan fingerprint density at radius 2 is 1.79 bits per heavy atom. The van der Waals surface area contributed by atoms with Gasteiger partial charge in [0.1, 0.15) is 6.04 Å². The lowest BCUT2D eigenvalue weighted by Crippen LogP contribution is -2.51. The van der Waals surface area contributed by atoms with Crippen LogP contribution < -0.4 is 5.32 Å². The Morgan fingerprint density at radius 3 is 2.41 bits per heavy atom. The summed E-state index contributed by atoms with van der Waals surface area (Å²) in [4.78, 5) is 28.0. The second-order valence-electron chi connectivity index (χ2n) is 7.50. The van der Waals surface area contributed by atoms with E-state index in [1.807, 2.05) is 64.1 Å². The Bertz CT molecular complexity index is 837. The van der Waals surface area contributed by atoms with Crippen molar-refractivity contribution < 1.29 is 9.59 Å². The molecule has 5 heteroatoms. The molecule has 0 heterocycles. The van der Waals surface area contributed by atoms with Crippen molar-refractivity contribution in [2.45, 2.75) is 65.6 Å². The van der Waals surface area contributed by atoms with Crippen LogP contribution in [0.15, 0.2) is 48.5 Å². The lowest BCUT2D eigenvalue weighted by Gasteiger charge is -2.32. The summed E-state index contributed by atoms with van der Waals surface area (Å²) in [6.07, 6.45) is 1.60. The number of nitrogens with zero attached hydrogens (tertiary/aromatic N) is 1. The zero-order valence-corrected chi connectivity index (χ0v) is 18.5. The number of carbonyl (C=O) groups excluding carboxylic acids is 2. The van der Waals surface area contributed by atoms with Crippen LogP contribution in [0.1, 0.15) is 50.3 Å². The lowest BCUT2D eigenvalue weighted by atomic mass is 10.0. The standard InChI is InChI=1S/C24H31ClN2O2/c1-5-18(4)26-24(29)22(6-2)27(16-20-12-8-7-10-17(20)3)23(28)15-19-11-9-13-21(25)14-19/h7-14,18,22H,5-6,15-16H2,1-4H3,(H,26,29)/t18-,22+/m0/s1. The highest BCUT2D eigenvalue weighted by molar-refractivity contribution is 6.30. The maximum absolute atomic E-state index is 13.3. The number of hydrogen-bond donors (Lipinski definition) is 1. The van der Waals surface area contributed by atoms with Gasteiger partial charge in [-0.3, -0.25) is 9.59 Å². The predicted molar refractivity (Wildman–Crippen MR) is 119 cm³/mol. The molecule has 2 aromatic rings. The molecule has 2 amide bonds. The minimum Gasteiger partial charge on any atom is -0.352 e. The first-order chi connectivity index (χ1) is 13.8. The summed E-state index contributed by atoms with van der Waals surface area (Å²) in [5.41, 5.74) is 2.99. The fourth-order valence-electron chi connectivity index (χ4n) is 3.25. The highest BCUT2D eigenvalue weighted by Gasteiger charge is 2.29. The second kappa shape index (κ2) is 11.0. The number of hydrogen-bond acceptors (Lipinski definition) is 2.